The van der Waals surface area contributed by atoms with Gasteiger partial charge in [-0.3, -0.25) is 0 Å². The lowest BCUT2D eigenvalue weighted by Gasteiger charge is -2.18. The molecular formula is C11H19N5O. The summed E-state index contributed by atoms with van der Waals surface area (Å²) >= 11 is 0. The second-order valence-corrected chi connectivity index (χ2v) is 4.55. The summed E-state index contributed by atoms with van der Waals surface area (Å²) in [4.78, 5) is 7.87. The van der Waals surface area contributed by atoms with Crippen LogP contribution in [0.5, 0.6) is 0 Å². The van der Waals surface area contributed by atoms with E-state index in [9.17, 15) is 5.11 Å². The topological polar surface area (TPSA) is 110 Å². The van der Waals surface area contributed by atoms with Crippen molar-refractivity contribution < 1.29 is 5.11 Å². The Labute approximate surface area is 100 Å². The van der Waals surface area contributed by atoms with Gasteiger partial charge >= 0.3 is 0 Å². The number of nitrogens with two attached hydrogens (primary N) is 2. The lowest BCUT2D eigenvalue weighted by atomic mass is 9.97. The molecule has 1 heterocycles. The van der Waals surface area contributed by atoms with Crippen LogP contribution in [0.3, 0.4) is 0 Å². The molecule has 1 fully saturated rings. The van der Waals surface area contributed by atoms with Gasteiger partial charge in [0.2, 0.25) is 5.95 Å². The maximum absolute atomic E-state index is 9.23. The second kappa shape index (κ2) is 5.18. The highest BCUT2D eigenvalue weighted by atomic mass is 16.3. The van der Waals surface area contributed by atoms with E-state index in [1.807, 2.05) is 0 Å². The van der Waals surface area contributed by atoms with Gasteiger partial charge in [-0.15, -0.1) is 0 Å². The van der Waals surface area contributed by atoms with Crippen molar-refractivity contribution in [1.29, 1.82) is 0 Å². The Kier molecular flexibility index (Phi) is 3.63. The standard InChI is InChI=1S/C11H19N5O/c12-9-4-10(16-11(13)15-9)14-5-7-2-1-3-8(7)6-17/h4,7-8,17H,1-3,5-6H2,(H5,12,13,14,15,16). The molecule has 1 aromatic heterocycles. The maximum atomic E-state index is 9.23. The molecule has 0 amide bonds. The minimum atomic E-state index is 0.178. The molecule has 1 aliphatic rings. The van der Waals surface area contributed by atoms with Crippen molar-refractivity contribution >= 4 is 17.6 Å². The Morgan fingerprint density at radius 3 is 2.76 bits per heavy atom. The Bertz CT molecular complexity index is 364. The Morgan fingerprint density at radius 2 is 2.06 bits per heavy atom. The van der Waals surface area contributed by atoms with Gasteiger partial charge in [-0.05, 0) is 24.7 Å². The van der Waals surface area contributed by atoms with Crippen LogP contribution in [-0.4, -0.2) is 28.2 Å². The number of hydrogen-bond donors (Lipinski definition) is 4. The normalized spacial score (nSPS) is 23.8. The average molecular weight is 237 g/mol. The van der Waals surface area contributed by atoms with Crippen molar-refractivity contribution in [2.24, 2.45) is 11.8 Å². The van der Waals surface area contributed by atoms with E-state index < -0.39 is 0 Å². The van der Waals surface area contributed by atoms with E-state index in [0.29, 0.717) is 23.5 Å². The fraction of sp³-hybridized carbons (Fsp3) is 0.636. The minimum Gasteiger partial charge on any atom is -0.396 e. The molecule has 2 unspecified atom stereocenters. The van der Waals surface area contributed by atoms with Crippen LogP contribution in [0.2, 0.25) is 0 Å². The van der Waals surface area contributed by atoms with Gasteiger partial charge in [0.25, 0.3) is 0 Å². The molecule has 6 nitrogen and oxygen atoms in total. The first-order chi connectivity index (χ1) is 8.19. The highest BCUT2D eigenvalue weighted by Gasteiger charge is 2.26. The van der Waals surface area contributed by atoms with Crippen molar-refractivity contribution in [3.05, 3.63) is 6.07 Å². The van der Waals surface area contributed by atoms with Crippen LogP contribution >= 0.6 is 0 Å². The molecule has 6 N–H and O–H groups in total. The van der Waals surface area contributed by atoms with E-state index in [1.165, 1.54) is 6.42 Å². The van der Waals surface area contributed by atoms with Gasteiger partial charge in [0, 0.05) is 19.2 Å². The maximum Gasteiger partial charge on any atom is 0.223 e. The molecule has 0 saturated heterocycles. The number of nitrogen functional groups attached to an aromatic ring is 2. The van der Waals surface area contributed by atoms with E-state index in [1.54, 1.807) is 6.07 Å². The number of anilines is 3. The molecular weight excluding hydrogens is 218 g/mol. The summed E-state index contributed by atoms with van der Waals surface area (Å²) in [5.74, 6) is 2.10. The minimum absolute atomic E-state index is 0.178. The van der Waals surface area contributed by atoms with Crippen molar-refractivity contribution in [1.82, 2.24) is 9.97 Å². The summed E-state index contributed by atoms with van der Waals surface area (Å²) in [6, 6.07) is 1.67. The van der Waals surface area contributed by atoms with Gasteiger partial charge in [-0.25, -0.2) is 0 Å². The number of aliphatic hydroxyl groups is 1. The first-order valence-electron chi connectivity index (χ1n) is 5.94. The molecule has 17 heavy (non-hydrogen) atoms. The number of rotatable bonds is 4. The molecule has 1 aliphatic carbocycles. The monoisotopic (exact) mass is 237 g/mol. The van der Waals surface area contributed by atoms with E-state index >= 15 is 0 Å². The van der Waals surface area contributed by atoms with Crippen molar-refractivity contribution in [3.63, 3.8) is 0 Å². The van der Waals surface area contributed by atoms with Crippen LogP contribution in [-0.2, 0) is 0 Å². The van der Waals surface area contributed by atoms with E-state index in [2.05, 4.69) is 15.3 Å². The van der Waals surface area contributed by atoms with Crippen LogP contribution in [0, 0.1) is 11.8 Å². The van der Waals surface area contributed by atoms with E-state index in [-0.39, 0.29) is 12.6 Å². The third-order valence-corrected chi connectivity index (χ3v) is 3.36. The van der Waals surface area contributed by atoms with Crippen LogP contribution < -0.4 is 16.8 Å². The van der Waals surface area contributed by atoms with Crippen molar-refractivity contribution in [3.8, 4) is 0 Å². The highest BCUT2D eigenvalue weighted by molar-refractivity contribution is 5.48. The van der Waals surface area contributed by atoms with Crippen LogP contribution in [0.25, 0.3) is 0 Å². The summed E-state index contributed by atoms with van der Waals surface area (Å²) in [5, 5.41) is 12.4. The van der Waals surface area contributed by atoms with Crippen LogP contribution in [0.15, 0.2) is 6.07 Å². The Morgan fingerprint density at radius 1 is 1.29 bits per heavy atom. The second-order valence-electron chi connectivity index (χ2n) is 4.55. The van der Waals surface area contributed by atoms with Crippen LogP contribution in [0.1, 0.15) is 19.3 Å². The highest BCUT2D eigenvalue weighted by Crippen LogP contribution is 2.31. The lowest BCUT2D eigenvalue weighted by Crippen LogP contribution is -2.21. The first-order valence-corrected chi connectivity index (χ1v) is 5.94. The van der Waals surface area contributed by atoms with Gasteiger partial charge in [0.05, 0.1) is 0 Å². The molecule has 0 aliphatic heterocycles. The number of aliphatic hydroxyl groups excluding tert-OH is 1. The summed E-state index contributed by atoms with van der Waals surface area (Å²) in [6.07, 6.45) is 3.44. The van der Waals surface area contributed by atoms with Crippen molar-refractivity contribution in [2.75, 3.05) is 29.9 Å². The molecule has 0 radical (unpaired) electrons. The predicted octanol–water partition coefficient (Wildman–Crippen LogP) is 0.461. The van der Waals surface area contributed by atoms with Gasteiger partial charge in [0.1, 0.15) is 11.6 Å². The molecule has 1 aromatic rings. The number of nitrogens with one attached hydrogen (secondary N) is 1. The Balaban J connectivity index is 1.93. The summed E-state index contributed by atoms with van der Waals surface area (Å²) in [6.45, 7) is 1.06. The molecule has 0 bridgehead atoms. The van der Waals surface area contributed by atoms with E-state index in [0.717, 1.165) is 19.4 Å². The van der Waals surface area contributed by atoms with Gasteiger partial charge in [-0.1, -0.05) is 6.42 Å². The SMILES string of the molecule is Nc1cc(NCC2CCCC2CO)nc(N)n1. The molecule has 1 saturated carbocycles. The summed E-state index contributed by atoms with van der Waals surface area (Å²) in [5.41, 5.74) is 11.1. The van der Waals surface area contributed by atoms with Gasteiger partial charge < -0.3 is 21.9 Å². The molecule has 6 heteroatoms. The number of aromatic nitrogens is 2. The molecule has 2 rings (SSSR count). The zero-order chi connectivity index (χ0) is 12.3. The smallest absolute Gasteiger partial charge is 0.223 e. The van der Waals surface area contributed by atoms with Crippen molar-refractivity contribution in [2.45, 2.75) is 19.3 Å². The zero-order valence-corrected chi connectivity index (χ0v) is 9.76. The summed E-state index contributed by atoms with van der Waals surface area (Å²) < 4.78 is 0. The molecule has 94 valence electrons. The lowest BCUT2D eigenvalue weighted by molar-refractivity contribution is 0.199. The third-order valence-electron chi connectivity index (χ3n) is 3.36. The van der Waals surface area contributed by atoms with Crippen LogP contribution in [0.4, 0.5) is 17.6 Å². The summed E-state index contributed by atoms with van der Waals surface area (Å²) in [7, 11) is 0. The van der Waals surface area contributed by atoms with E-state index in [4.69, 9.17) is 11.5 Å². The van der Waals surface area contributed by atoms with Gasteiger partial charge in [0.15, 0.2) is 0 Å². The molecule has 0 spiro atoms. The number of nitrogens with zero attached hydrogens (tertiary/aromatic N) is 2. The molecule has 2 atom stereocenters. The number of hydrogen-bond acceptors (Lipinski definition) is 6. The van der Waals surface area contributed by atoms with Gasteiger partial charge in [-0.2, -0.15) is 9.97 Å². The quantitative estimate of drug-likeness (QED) is 0.605. The largest absolute Gasteiger partial charge is 0.396 e. The average Bonchev–Trinajstić information content (AvgIpc) is 2.72. The fourth-order valence-corrected chi connectivity index (χ4v) is 2.43. The zero-order valence-electron chi connectivity index (χ0n) is 9.76. The first kappa shape index (κ1) is 11.9. The Hall–Kier alpha value is -1.56. The fourth-order valence-electron chi connectivity index (χ4n) is 2.43. The molecule has 0 aromatic carbocycles. The predicted molar refractivity (Wildman–Crippen MR) is 67.3 cm³/mol. The third kappa shape index (κ3) is 2.97.